The third kappa shape index (κ3) is 5.86. The highest BCUT2D eigenvalue weighted by Crippen LogP contribution is 2.21. The lowest BCUT2D eigenvalue weighted by Gasteiger charge is -2.14. The van der Waals surface area contributed by atoms with Gasteiger partial charge in [-0.25, -0.2) is 0 Å². The zero-order valence-electron chi connectivity index (χ0n) is 17.6. The minimum Gasteiger partial charge on any atom is -0.342 e. The Kier molecular flexibility index (Phi) is 7.70. The van der Waals surface area contributed by atoms with Crippen molar-refractivity contribution < 1.29 is 9.59 Å². The second-order valence-corrected chi connectivity index (χ2v) is 8.31. The average Bonchev–Trinajstić information content (AvgIpc) is 3.13. The number of aryl methyl sites for hydroxylation is 1. The van der Waals surface area contributed by atoms with Crippen molar-refractivity contribution in [1.29, 1.82) is 0 Å². The van der Waals surface area contributed by atoms with E-state index in [1.807, 2.05) is 31.2 Å². The summed E-state index contributed by atoms with van der Waals surface area (Å²) >= 11 is 7.37. The first-order chi connectivity index (χ1) is 14.9. The van der Waals surface area contributed by atoms with Crippen LogP contribution in [0.4, 0.5) is 5.69 Å². The van der Waals surface area contributed by atoms with Gasteiger partial charge in [-0.05, 0) is 43.2 Å². The summed E-state index contributed by atoms with van der Waals surface area (Å²) in [6, 6.07) is 14.2. The molecule has 2 N–H and O–H groups in total. The van der Waals surface area contributed by atoms with Crippen molar-refractivity contribution in [3.05, 3.63) is 70.5 Å². The summed E-state index contributed by atoms with van der Waals surface area (Å²) in [5.41, 5.74) is 2.38. The molecule has 0 aliphatic rings. The van der Waals surface area contributed by atoms with Gasteiger partial charge in [0.25, 0.3) is 5.91 Å². The van der Waals surface area contributed by atoms with E-state index in [-0.39, 0.29) is 23.6 Å². The Balaban J connectivity index is 1.57. The maximum atomic E-state index is 12.5. The van der Waals surface area contributed by atoms with Gasteiger partial charge in [-0.15, -0.1) is 10.2 Å². The van der Waals surface area contributed by atoms with E-state index in [1.165, 1.54) is 17.3 Å². The second-order valence-electron chi connectivity index (χ2n) is 6.96. The maximum Gasteiger partial charge on any atom is 0.253 e. The molecule has 9 heteroatoms. The van der Waals surface area contributed by atoms with Gasteiger partial charge in [0.2, 0.25) is 5.91 Å². The number of carbonyl (C=O) groups is 2. The summed E-state index contributed by atoms with van der Waals surface area (Å²) in [6.07, 6.45) is 0.954. The van der Waals surface area contributed by atoms with Crippen LogP contribution in [0.1, 0.15) is 41.6 Å². The Hall–Kier alpha value is -2.84. The summed E-state index contributed by atoms with van der Waals surface area (Å²) in [5.74, 6) is 0.364. The van der Waals surface area contributed by atoms with Crippen molar-refractivity contribution in [1.82, 2.24) is 20.1 Å². The van der Waals surface area contributed by atoms with Crippen LogP contribution in [0, 0.1) is 0 Å². The van der Waals surface area contributed by atoms with E-state index in [4.69, 9.17) is 11.6 Å². The number of halogens is 1. The number of nitrogens with zero attached hydrogens (tertiary/aromatic N) is 3. The number of hydrogen-bond acceptors (Lipinski definition) is 5. The number of benzene rings is 2. The summed E-state index contributed by atoms with van der Waals surface area (Å²) in [6.45, 7) is 3.91. The lowest BCUT2D eigenvalue weighted by Crippen LogP contribution is -2.28. The fraction of sp³-hybridized carbons (Fsp3) is 0.273. The molecule has 0 unspecified atom stereocenters. The Morgan fingerprint density at radius 1 is 1.13 bits per heavy atom. The zero-order valence-corrected chi connectivity index (χ0v) is 19.1. The molecular formula is C22H24ClN5O2S. The minimum absolute atomic E-state index is 0.126. The lowest BCUT2D eigenvalue weighted by molar-refractivity contribution is -0.113. The molecule has 0 fully saturated rings. The molecule has 0 radical (unpaired) electrons. The number of hydrogen-bond donors (Lipinski definition) is 2. The maximum absolute atomic E-state index is 12.5. The highest BCUT2D eigenvalue weighted by Gasteiger charge is 2.20. The normalized spacial score (nSPS) is 11.7. The van der Waals surface area contributed by atoms with Crippen LogP contribution in [-0.4, -0.2) is 32.3 Å². The van der Waals surface area contributed by atoms with E-state index >= 15 is 0 Å². The highest BCUT2D eigenvalue weighted by molar-refractivity contribution is 7.99. The number of thioether (sulfide) groups is 1. The average molecular weight is 458 g/mol. The van der Waals surface area contributed by atoms with Crippen LogP contribution < -0.4 is 10.6 Å². The molecule has 0 saturated carbocycles. The topological polar surface area (TPSA) is 88.9 Å². The van der Waals surface area contributed by atoms with Gasteiger partial charge in [-0.1, -0.05) is 54.6 Å². The Morgan fingerprint density at radius 3 is 2.52 bits per heavy atom. The van der Waals surface area contributed by atoms with Crippen molar-refractivity contribution in [3.63, 3.8) is 0 Å². The zero-order chi connectivity index (χ0) is 22.4. The van der Waals surface area contributed by atoms with Gasteiger partial charge in [-0.3, -0.25) is 9.59 Å². The van der Waals surface area contributed by atoms with Crippen LogP contribution in [0.5, 0.6) is 0 Å². The first-order valence-electron chi connectivity index (χ1n) is 9.85. The third-order valence-electron chi connectivity index (χ3n) is 4.70. The van der Waals surface area contributed by atoms with E-state index in [0.717, 1.165) is 12.1 Å². The van der Waals surface area contributed by atoms with Gasteiger partial charge in [-0.2, -0.15) is 0 Å². The number of rotatable bonds is 8. The fourth-order valence-electron chi connectivity index (χ4n) is 2.96. The first-order valence-corrected chi connectivity index (χ1v) is 11.2. The van der Waals surface area contributed by atoms with Crippen LogP contribution in [-0.2, 0) is 18.3 Å². The van der Waals surface area contributed by atoms with Crippen LogP contribution in [0.3, 0.4) is 0 Å². The molecule has 2 aromatic carbocycles. The van der Waals surface area contributed by atoms with E-state index in [1.54, 1.807) is 35.9 Å². The summed E-state index contributed by atoms with van der Waals surface area (Å²) in [4.78, 5) is 24.8. The smallest absolute Gasteiger partial charge is 0.253 e. The van der Waals surface area contributed by atoms with Gasteiger partial charge in [0.15, 0.2) is 11.0 Å². The van der Waals surface area contributed by atoms with Crippen LogP contribution >= 0.6 is 23.4 Å². The van der Waals surface area contributed by atoms with Gasteiger partial charge >= 0.3 is 0 Å². The number of aromatic nitrogens is 3. The van der Waals surface area contributed by atoms with Crippen molar-refractivity contribution in [2.75, 3.05) is 11.1 Å². The lowest BCUT2D eigenvalue weighted by atomic mass is 10.1. The molecule has 0 spiro atoms. The van der Waals surface area contributed by atoms with Gasteiger partial charge < -0.3 is 15.2 Å². The molecule has 0 aliphatic heterocycles. The van der Waals surface area contributed by atoms with Crippen molar-refractivity contribution in [2.24, 2.45) is 7.05 Å². The predicted molar refractivity (Wildman–Crippen MR) is 124 cm³/mol. The number of carbonyl (C=O) groups excluding carboxylic acids is 2. The van der Waals surface area contributed by atoms with Crippen LogP contribution in [0.2, 0.25) is 5.02 Å². The van der Waals surface area contributed by atoms with E-state index in [0.29, 0.717) is 21.6 Å². The monoisotopic (exact) mass is 457 g/mol. The third-order valence-corrected chi connectivity index (χ3v) is 6.05. The molecule has 3 aromatic rings. The number of anilines is 1. The highest BCUT2D eigenvalue weighted by atomic mass is 35.5. The molecule has 0 aliphatic carbocycles. The summed E-state index contributed by atoms with van der Waals surface area (Å²) in [7, 11) is 1.80. The van der Waals surface area contributed by atoms with Gasteiger partial charge in [0.1, 0.15) is 0 Å². The molecule has 1 aromatic heterocycles. The summed E-state index contributed by atoms with van der Waals surface area (Å²) < 4.78 is 1.77. The van der Waals surface area contributed by atoms with Gasteiger partial charge in [0, 0.05) is 12.7 Å². The summed E-state index contributed by atoms with van der Waals surface area (Å²) in [5, 5.41) is 15.1. The second kappa shape index (κ2) is 10.5. The Morgan fingerprint density at radius 2 is 1.84 bits per heavy atom. The molecule has 7 nitrogen and oxygen atoms in total. The molecule has 3 rings (SSSR count). The number of amides is 2. The number of nitrogens with one attached hydrogen (secondary N) is 2. The molecule has 2 amide bonds. The Bertz CT molecular complexity index is 1070. The Labute approximate surface area is 190 Å². The fourth-order valence-corrected chi connectivity index (χ4v) is 3.90. The molecular weight excluding hydrogens is 434 g/mol. The largest absolute Gasteiger partial charge is 0.342 e. The van der Waals surface area contributed by atoms with Crippen LogP contribution in [0.25, 0.3) is 0 Å². The molecule has 162 valence electrons. The standard InChI is InChI=1S/C22H24ClN5O2S/c1-4-15-9-11-16(12-10-15)25-19(29)13-31-22-27-26-20(28(22)3)14(2)24-21(30)17-7-5-6-8-18(17)23/h5-12,14H,4,13H2,1-3H3,(H,24,30)(H,25,29)/t14-/m0/s1. The first kappa shape index (κ1) is 22.8. The molecule has 1 heterocycles. The molecule has 0 saturated heterocycles. The quantitative estimate of drug-likeness (QED) is 0.493. The van der Waals surface area contributed by atoms with E-state index < -0.39 is 0 Å². The molecule has 1 atom stereocenters. The SMILES string of the molecule is CCc1ccc(NC(=O)CSc2nnc([C@H](C)NC(=O)c3ccccc3Cl)n2C)cc1. The van der Waals surface area contributed by atoms with E-state index in [2.05, 4.69) is 27.8 Å². The van der Waals surface area contributed by atoms with Crippen molar-refractivity contribution in [3.8, 4) is 0 Å². The van der Waals surface area contributed by atoms with E-state index in [9.17, 15) is 9.59 Å². The van der Waals surface area contributed by atoms with Gasteiger partial charge in [0.05, 0.1) is 22.4 Å². The molecule has 0 bridgehead atoms. The molecule has 31 heavy (non-hydrogen) atoms. The van der Waals surface area contributed by atoms with Crippen LogP contribution in [0.15, 0.2) is 53.7 Å². The predicted octanol–water partition coefficient (Wildman–Crippen LogP) is 4.25. The minimum atomic E-state index is -0.387. The van der Waals surface area contributed by atoms with Crippen molar-refractivity contribution in [2.45, 2.75) is 31.5 Å². The van der Waals surface area contributed by atoms with Crippen molar-refractivity contribution >= 4 is 40.9 Å².